The summed E-state index contributed by atoms with van der Waals surface area (Å²) in [5, 5.41) is 8.86. The summed E-state index contributed by atoms with van der Waals surface area (Å²) in [5.74, 6) is -0.0985. The normalized spacial score (nSPS) is 9.40. The first-order valence-electron chi connectivity index (χ1n) is 4.67. The van der Waals surface area contributed by atoms with E-state index in [4.69, 9.17) is 5.26 Å². The van der Waals surface area contributed by atoms with Crippen LogP contribution < -0.4 is 0 Å². The van der Waals surface area contributed by atoms with Crippen LogP contribution in [0.25, 0.3) is 0 Å². The highest BCUT2D eigenvalue weighted by Crippen LogP contribution is 2.17. The van der Waals surface area contributed by atoms with Crippen LogP contribution in [-0.2, 0) is 6.42 Å². The minimum absolute atomic E-state index is 0.0985. The van der Waals surface area contributed by atoms with E-state index in [0.717, 1.165) is 5.56 Å². The highest BCUT2D eigenvalue weighted by atomic mass is 16.1. The summed E-state index contributed by atoms with van der Waals surface area (Å²) in [6.07, 6.45) is 1.30. The number of aldehydes is 1. The van der Waals surface area contributed by atoms with Crippen molar-refractivity contribution in [2.75, 3.05) is 0 Å². The summed E-state index contributed by atoms with van der Waals surface area (Å²) in [7, 11) is 0. The lowest BCUT2D eigenvalue weighted by Gasteiger charge is -2.06. The zero-order chi connectivity index (χ0) is 11.4. The lowest BCUT2D eigenvalue weighted by atomic mass is 9.96. The highest BCUT2D eigenvalue weighted by Gasteiger charge is 2.10. The SMILES string of the molecule is CCc1cc(C(C)=O)cc(C#N)c1C=O. The van der Waals surface area contributed by atoms with Crippen molar-refractivity contribution in [2.45, 2.75) is 20.3 Å². The van der Waals surface area contributed by atoms with E-state index in [1.807, 2.05) is 13.0 Å². The predicted octanol–water partition coefficient (Wildman–Crippen LogP) is 2.14. The fourth-order valence-electron chi connectivity index (χ4n) is 1.44. The first-order valence-corrected chi connectivity index (χ1v) is 4.67. The first-order chi connectivity index (χ1) is 7.13. The Bertz CT molecular complexity index is 455. The van der Waals surface area contributed by atoms with Crippen molar-refractivity contribution >= 4 is 12.1 Å². The summed E-state index contributed by atoms with van der Waals surface area (Å²) in [4.78, 5) is 22.0. The molecule has 76 valence electrons. The van der Waals surface area contributed by atoms with Crippen LogP contribution in [0.5, 0.6) is 0 Å². The molecule has 0 saturated carbocycles. The summed E-state index contributed by atoms with van der Waals surface area (Å²) < 4.78 is 0. The molecule has 0 aliphatic rings. The van der Waals surface area contributed by atoms with E-state index in [0.29, 0.717) is 23.8 Å². The van der Waals surface area contributed by atoms with Crippen molar-refractivity contribution < 1.29 is 9.59 Å². The number of nitrogens with zero attached hydrogens (tertiary/aromatic N) is 1. The molecule has 0 aromatic heterocycles. The monoisotopic (exact) mass is 201 g/mol. The van der Waals surface area contributed by atoms with Gasteiger partial charge in [-0.1, -0.05) is 6.92 Å². The Morgan fingerprint density at radius 3 is 2.60 bits per heavy atom. The Morgan fingerprint density at radius 2 is 2.20 bits per heavy atom. The molecular formula is C12H11NO2. The van der Waals surface area contributed by atoms with E-state index in [2.05, 4.69) is 0 Å². The molecule has 0 bridgehead atoms. The zero-order valence-electron chi connectivity index (χ0n) is 8.70. The molecule has 0 heterocycles. The lowest BCUT2D eigenvalue weighted by Crippen LogP contribution is -2.01. The van der Waals surface area contributed by atoms with Crippen LogP contribution in [-0.4, -0.2) is 12.1 Å². The van der Waals surface area contributed by atoms with Gasteiger partial charge in [0.1, 0.15) is 0 Å². The zero-order valence-corrected chi connectivity index (χ0v) is 8.70. The van der Waals surface area contributed by atoms with Gasteiger partial charge in [0.2, 0.25) is 0 Å². The smallest absolute Gasteiger partial charge is 0.159 e. The molecule has 3 nitrogen and oxygen atoms in total. The van der Waals surface area contributed by atoms with Gasteiger partial charge in [0.15, 0.2) is 12.1 Å². The van der Waals surface area contributed by atoms with Gasteiger partial charge in [0.25, 0.3) is 0 Å². The molecule has 0 fully saturated rings. The fraction of sp³-hybridized carbons (Fsp3) is 0.250. The van der Waals surface area contributed by atoms with Crippen LogP contribution in [0.1, 0.15) is 45.7 Å². The Balaban J connectivity index is 3.51. The van der Waals surface area contributed by atoms with Gasteiger partial charge in [0.05, 0.1) is 11.6 Å². The summed E-state index contributed by atoms with van der Waals surface area (Å²) in [6.45, 7) is 3.32. The third kappa shape index (κ3) is 2.10. The molecular weight excluding hydrogens is 190 g/mol. The lowest BCUT2D eigenvalue weighted by molar-refractivity contribution is 0.101. The molecule has 0 saturated heterocycles. The number of ketones is 1. The van der Waals surface area contributed by atoms with Crippen molar-refractivity contribution in [3.63, 3.8) is 0 Å². The quantitative estimate of drug-likeness (QED) is 0.556. The number of hydrogen-bond donors (Lipinski definition) is 0. The molecule has 0 aliphatic heterocycles. The van der Waals surface area contributed by atoms with Crippen LogP contribution in [0.4, 0.5) is 0 Å². The molecule has 0 radical (unpaired) electrons. The Kier molecular flexibility index (Phi) is 3.35. The van der Waals surface area contributed by atoms with Gasteiger partial charge >= 0.3 is 0 Å². The van der Waals surface area contributed by atoms with Gasteiger partial charge in [-0.25, -0.2) is 0 Å². The second-order valence-corrected chi connectivity index (χ2v) is 3.24. The topological polar surface area (TPSA) is 57.9 Å². The summed E-state index contributed by atoms with van der Waals surface area (Å²) in [5.41, 5.74) is 1.89. The second kappa shape index (κ2) is 4.52. The molecule has 0 atom stereocenters. The van der Waals surface area contributed by atoms with Crippen LogP contribution in [0.3, 0.4) is 0 Å². The van der Waals surface area contributed by atoms with Crippen LogP contribution in [0, 0.1) is 11.3 Å². The van der Waals surface area contributed by atoms with E-state index < -0.39 is 0 Å². The van der Waals surface area contributed by atoms with Gasteiger partial charge < -0.3 is 0 Å². The van der Waals surface area contributed by atoms with Crippen LogP contribution >= 0.6 is 0 Å². The van der Waals surface area contributed by atoms with E-state index in [-0.39, 0.29) is 11.3 Å². The van der Waals surface area contributed by atoms with Crippen molar-refractivity contribution in [2.24, 2.45) is 0 Å². The predicted molar refractivity (Wildman–Crippen MR) is 55.9 cm³/mol. The van der Waals surface area contributed by atoms with E-state index >= 15 is 0 Å². The standard InChI is InChI=1S/C12H11NO2/c1-3-9-4-10(8(2)15)5-11(6-13)12(9)7-14/h4-5,7H,3H2,1-2H3. The molecule has 15 heavy (non-hydrogen) atoms. The maximum Gasteiger partial charge on any atom is 0.159 e. The van der Waals surface area contributed by atoms with E-state index in [9.17, 15) is 9.59 Å². The molecule has 1 rings (SSSR count). The summed E-state index contributed by atoms with van der Waals surface area (Å²) >= 11 is 0. The third-order valence-electron chi connectivity index (χ3n) is 2.29. The van der Waals surface area contributed by atoms with E-state index in [1.165, 1.54) is 13.0 Å². The fourth-order valence-corrected chi connectivity index (χ4v) is 1.44. The first kappa shape index (κ1) is 11.1. The van der Waals surface area contributed by atoms with Crippen LogP contribution in [0.15, 0.2) is 12.1 Å². The number of nitriles is 1. The number of carbonyl (C=O) groups is 2. The van der Waals surface area contributed by atoms with Crippen LogP contribution in [0.2, 0.25) is 0 Å². The number of Topliss-reactive ketones (excluding diaryl/α,β-unsaturated/α-hetero) is 1. The molecule has 0 N–H and O–H groups in total. The Labute approximate surface area is 88.3 Å². The molecule has 3 heteroatoms. The summed E-state index contributed by atoms with van der Waals surface area (Å²) in [6, 6.07) is 5.07. The third-order valence-corrected chi connectivity index (χ3v) is 2.29. The average molecular weight is 201 g/mol. The highest BCUT2D eigenvalue weighted by molar-refractivity contribution is 5.96. The van der Waals surface area contributed by atoms with Gasteiger partial charge in [-0.15, -0.1) is 0 Å². The van der Waals surface area contributed by atoms with Gasteiger partial charge in [-0.3, -0.25) is 9.59 Å². The average Bonchev–Trinajstić information content (AvgIpc) is 2.26. The Hall–Kier alpha value is -1.95. The van der Waals surface area contributed by atoms with Crippen molar-refractivity contribution in [1.82, 2.24) is 0 Å². The van der Waals surface area contributed by atoms with Crippen molar-refractivity contribution in [3.8, 4) is 6.07 Å². The number of aryl methyl sites for hydroxylation is 1. The van der Waals surface area contributed by atoms with Gasteiger partial charge in [0, 0.05) is 11.1 Å². The van der Waals surface area contributed by atoms with Crippen molar-refractivity contribution in [1.29, 1.82) is 5.26 Å². The molecule has 0 unspecified atom stereocenters. The number of hydrogen-bond acceptors (Lipinski definition) is 3. The van der Waals surface area contributed by atoms with E-state index in [1.54, 1.807) is 6.07 Å². The molecule has 1 aromatic rings. The maximum absolute atomic E-state index is 11.2. The van der Waals surface area contributed by atoms with Crippen molar-refractivity contribution in [3.05, 3.63) is 34.4 Å². The number of rotatable bonds is 3. The molecule has 0 aliphatic carbocycles. The second-order valence-electron chi connectivity index (χ2n) is 3.24. The molecule has 0 spiro atoms. The minimum Gasteiger partial charge on any atom is -0.298 e. The maximum atomic E-state index is 11.2. The van der Waals surface area contributed by atoms with Gasteiger partial charge in [-0.2, -0.15) is 5.26 Å². The largest absolute Gasteiger partial charge is 0.298 e. The molecule has 0 amide bonds. The number of benzene rings is 1. The Morgan fingerprint density at radius 1 is 1.53 bits per heavy atom. The number of carbonyl (C=O) groups excluding carboxylic acids is 2. The molecule has 1 aromatic carbocycles. The van der Waals surface area contributed by atoms with Gasteiger partial charge in [-0.05, 0) is 31.0 Å². The minimum atomic E-state index is -0.0985.